The van der Waals surface area contributed by atoms with Gasteiger partial charge in [-0.2, -0.15) is 12.6 Å². The van der Waals surface area contributed by atoms with Gasteiger partial charge in [0.05, 0.1) is 13.7 Å². The number of amides is 3. The van der Waals surface area contributed by atoms with Crippen LogP contribution in [0, 0.1) is 13.8 Å². The summed E-state index contributed by atoms with van der Waals surface area (Å²) in [6.07, 6.45) is -0.818. The second-order valence-electron chi connectivity index (χ2n) is 8.69. The number of alkyl carbamates (subject to hydrolysis) is 1. The number of methoxy groups -OCH3 is 1. The standard InChI is InChI=1S/C23H35N3O7S/c1-14-7-8-16(15(2)11-14)19(20(29)24-12-18(28)32-6)26(9-10-27)21(30)17(13-34)25-22(31)33-23(3,4)5/h7-8,11,17,19,27,34H,9-10,12-13H2,1-6H3,(H,24,29)(H,25,31). The first-order valence-electron chi connectivity index (χ1n) is 10.8. The van der Waals surface area contributed by atoms with E-state index in [1.807, 2.05) is 13.0 Å². The van der Waals surface area contributed by atoms with Crippen LogP contribution in [0.15, 0.2) is 18.2 Å². The van der Waals surface area contributed by atoms with Gasteiger partial charge in [0.25, 0.3) is 0 Å². The Bertz CT molecular complexity index is 886. The van der Waals surface area contributed by atoms with E-state index < -0.39 is 54.7 Å². The van der Waals surface area contributed by atoms with E-state index in [9.17, 15) is 24.3 Å². The molecule has 1 aromatic carbocycles. The maximum Gasteiger partial charge on any atom is 0.408 e. The summed E-state index contributed by atoms with van der Waals surface area (Å²) < 4.78 is 9.80. The SMILES string of the molecule is COC(=O)CNC(=O)C(c1ccc(C)cc1C)N(CCO)C(=O)C(CS)NC(=O)OC(C)(C)C. The molecule has 3 N–H and O–H groups in total. The van der Waals surface area contributed by atoms with Crippen LogP contribution < -0.4 is 10.6 Å². The molecule has 1 aromatic rings. The minimum Gasteiger partial charge on any atom is -0.468 e. The molecule has 0 saturated heterocycles. The van der Waals surface area contributed by atoms with Crippen molar-refractivity contribution in [3.63, 3.8) is 0 Å². The Kier molecular flexibility index (Phi) is 11.3. The zero-order valence-electron chi connectivity index (χ0n) is 20.5. The lowest BCUT2D eigenvalue weighted by Crippen LogP contribution is -2.54. The fraction of sp³-hybridized carbons (Fsp3) is 0.565. The molecule has 0 heterocycles. The monoisotopic (exact) mass is 497 g/mol. The Hall–Kier alpha value is -2.79. The van der Waals surface area contributed by atoms with Gasteiger partial charge in [-0.05, 0) is 45.7 Å². The van der Waals surface area contributed by atoms with Crippen molar-refractivity contribution in [1.82, 2.24) is 15.5 Å². The Morgan fingerprint density at radius 1 is 1.18 bits per heavy atom. The van der Waals surface area contributed by atoms with Crippen LogP contribution in [0.5, 0.6) is 0 Å². The number of nitrogens with one attached hydrogen (secondary N) is 2. The molecule has 2 unspecified atom stereocenters. The van der Waals surface area contributed by atoms with E-state index in [-0.39, 0.29) is 12.3 Å². The predicted octanol–water partition coefficient (Wildman–Crippen LogP) is 1.28. The maximum atomic E-state index is 13.5. The molecule has 1 rings (SSSR count). The third-order valence-electron chi connectivity index (χ3n) is 4.71. The summed E-state index contributed by atoms with van der Waals surface area (Å²) in [6, 6.07) is 3.03. The van der Waals surface area contributed by atoms with Gasteiger partial charge in [0, 0.05) is 12.3 Å². The van der Waals surface area contributed by atoms with Gasteiger partial charge in [-0.25, -0.2) is 4.79 Å². The van der Waals surface area contributed by atoms with Crippen LogP contribution in [-0.4, -0.2) is 78.1 Å². The van der Waals surface area contributed by atoms with Crippen LogP contribution in [0.1, 0.15) is 43.5 Å². The van der Waals surface area contributed by atoms with Gasteiger partial charge in [-0.15, -0.1) is 0 Å². The van der Waals surface area contributed by atoms with Gasteiger partial charge < -0.3 is 30.1 Å². The van der Waals surface area contributed by atoms with Crippen molar-refractivity contribution >= 4 is 36.5 Å². The molecule has 0 saturated carbocycles. The molecule has 0 bridgehead atoms. The molecule has 0 aliphatic heterocycles. The highest BCUT2D eigenvalue weighted by Gasteiger charge is 2.36. The molecule has 11 heteroatoms. The van der Waals surface area contributed by atoms with Crippen molar-refractivity contribution in [3.8, 4) is 0 Å². The van der Waals surface area contributed by atoms with Gasteiger partial charge in [0.2, 0.25) is 11.8 Å². The third kappa shape index (κ3) is 8.86. The quantitative estimate of drug-likeness (QED) is 0.283. The first-order valence-corrected chi connectivity index (χ1v) is 11.4. The number of rotatable bonds is 10. The number of nitrogens with zero attached hydrogens (tertiary/aromatic N) is 1. The fourth-order valence-electron chi connectivity index (χ4n) is 3.22. The molecule has 0 aliphatic rings. The summed E-state index contributed by atoms with van der Waals surface area (Å²) in [7, 11) is 1.19. The van der Waals surface area contributed by atoms with Crippen LogP contribution in [0.25, 0.3) is 0 Å². The van der Waals surface area contributed by atoms with Crippen LogP contribution in [0.3, 0.4) is 0 Å². The average molecular weight is 498 g/mol. The number of benzene rings is 1. The second-order valence-corrected chi connectivity index (χ2v) is 9.06. The lowest BCUT2D eigenvalue weighted by molar-refractivity contribution is -0.144. The number of ether oxygens (including phenoxy) is 2. The van der Waals surface area contributed by atoms with Crippen LogP contribution in [0.2, 0.25) is 0 Å². The largest absolute Gasteiger partial charge is 0.468 e. The smallest absolute Gasteiger partial charge is 0.408 e. The zero-order chi connectivity index (χ0) is 26.1. The number of carbonyl (C=O) groups is 4. The zero-order valence-corrected chi connectivity index (χ0v) is 21.4. The molecule has 0 fully saturated rings. The number of hydrogen-bond donors (Lipinski definition) is 4. The van der Waals surface area contributed by atoms with E-state index in [2.05, 4.69) is 28.0 Å². The Morgan fingerprint density at radius 2 is 1.82 bits per heavy atom. The number of hydrogen-bond acceptors (Lipinski definition) is 8. The van der Waals surface area contributed by atoms with E-state index >= 15 is 0 Å². The average Bonchev–Trinajstić information content (AvgIpc) is 2.74. The summed E-state index contributed by atoms with van der Waals surface area (Å²) in [6.45, 7) is 7.69. The van der Waals surface area contributed by atoms with Gasteiger partial charge >= 0.3 is 12.1 Å². The van der Waals surface area contributed by atoms with Gasteiger partial charge in [-0.3, -0.25) is 14.4 Å². The third-order valence-corrected chi connectivity index (χ3v) is 5.08. The van der Waals surface area contributed by atoms with Crippen LogP contribution in [0.4, 0.5) is 4.79 Å². The minimum atomic E-state index is -1.19. The first-order chi connectivity index (χ1) is 15.8. The minimum absolute atomic E-state index is 0.0800. The van der Waals surface area contributed by atoms with Crippen LogP contribution >= 0.6 is 12.6 Å². The summed E-state index contributed by atoms with van der Waals surface area (Å²) >= 11 is 4.18. The maximum absolute atomic E-state index is 13.5. The number of thiol groups is 1. The highest BCUT2D eigenvalue weighted by atomic mass is 32.1. The second kappa shape index (κ2) is 13.2. The lowest BCUT2D eigenvalue weighted by atomic mass is 9.96. The van der Waals surface area contributed by atoms with Crippen molar-refractivity contribution in [2.45, 2.75) is 52.3 Å². The highest BCUT2D eigenvalue weighted by molar-refractivity contribution is 7.80. The fourth-order valence-corrected chi connectivity index (χ4v) is 3.47. The van der Waals surface area contributed by atoms with Crippen molar-refractivity contribution in [1.29, 1.82) is 0 Å². The molecule has 0 aliphatic carbocycles. The van der Waals surface area contributed by atoms with E-state index in [0.717, 1.165) is 16.0 Å². The van der Waals surface area contributed by atoms with Gasteiger partial charge in [-0.1, -0.05) is 23.8 Å². The predicted molar refractivity (Wildman–Crippen MR) is 129 cm³/mol. The summed E-state index contributed by atoms with van der Waals surface area (Å²) in [5.41, 5.74) is 1.41. The summed E-state index contributed by atoms with van der Waals surface area (Å²) in [4.78, 5) is 51.7. The Labute approximate surface area is 205 Å². The van der Waals surface area contributed by atoms with Gasteiger partial charge in [0.1, 0.15) is 24.2 Å². The molecule has 0 radical (unpaired) electrons. The molecule has 2 atom stereocenters. The molecule has 0 aromatic heterocycles. The van der Waals surface area contributed by atoms with E-state index in [0.29, 0.717) is 5.56 Å². The number of carbonyl (C=O) groups excluding carboxylic acids is 4. The van der Waals surface area contributed by atoms with E-state index in [1.165, 1.54) is 7.11 Å². The topological polar surface area (TPSA) is 134 Å². The molecule has 190 valence electrons. The van der Waals surface area contributed by atoms with E-state index in [1.54, 1.807) is 39.8 Å². The first kappa shape index (κ1) is 29.2. The van der Waals surface area contributed by atoms with Crippen molar-refractivity contribution in [2.75, 3.05) is 32.6 Å². The number of esters is 1. The molecule has 3 amide bonds. The normalized spacial score (nSPS) is 12.8. The summed E-state index contributed by atoms with van der Waals surface area (Å²) in [5, 5.41) is 14.6. The van der Waals surface area contributed by atoms with Crippen molar-refractivity contribution < 1.29 is 33.8 Å². The molecule has 10 nitrogen and oxygen atoms in total. The molecule has 34 heavy (non-hydrogen) atoms. The van der Waals surface area contributed by atoms with Crippen LogP contribution in [-0.2, 0) is 23.9 Å². The van der Waals surface area contributed by atoms with Crippen molar-refractivity contribution in [2.24, 2.45) is 0 Å². The highest BCUT2D eigenvalue weighted by Crippen LogP contribution is 2.26. The number of aliphatic hydroxyl groups excluding tert-OH is 1. The lowest BCUT2D eigenvalue weighted by Gasteiger charge is -2.34. The van der Waals surface area contributed by atoms with Gasteiger partial charge in [0.15, 0.2) is 0 Å². The van der Waals surface area contributed by atoms with Crippen molar-refractivity contribution in [3.05, 3.63) is 34.9 Å². The number of aryl methyl sites for hydroxylation is 2. The molecular formula is C23H35N3O7S. The molecule has 0 spiro atoms. The Balaban J connectivity index is 3.38. The Morgan fingerprint density at radius 3 is 2.32 bits per heavy atom. The van der Waals surface area contributed by atoms with E-state index in [4.69, 9.17) is 4.74 Å². The molecular weight excluding hydrogens is 462 g/mol. The number of aliphatic hydroxyl groups is 1. The summed E-state index contributed by atoms with van der Waals surface area (Å²) in [5.74, 6) is -2.03.